The monoisotopic (exact) mass is 259 g/mol. The molecule has 1 aromatic carbocycles. The van der Waals surface area contributed by atoms with Crippen molar-refractivity contribution in [3.8, 4) is 5.88 Å². The number of carbonyl (C=O) groups is 1. The van der Waals surface area contributed by atoms with Crippen LogP contribution in [0.1, 0.15) is 11.6 Å². The lowest BCUT2D eigenvalue weighted by Gasteiger charge is -2.15. The summed E-state index contributed by atoms with van der Waals surface area (Å²) < 4.78 is 4.96. The van der Waals surface area contributed by atoms with Crippen molar-refractivity contribution >= 4 is 11.8 Å². The minimum absolute atomic E-state index is 0.370. The first-order valence-corrected chi connectivity index (χ1v) is 5.61. The van der Waals surface area contributed by atoms with Crippen molar-refractivity contribution in [3.05, 3.63) is 48.3 Å². The molecule has 0 spiro atoms. The molecule has 0 aliphatic heterocycles. The van der Waals surface area contributed by atoms with Gasteiger partial charge in [-0.25, -0.2) is 14.8 Å². The molecule has 1 aromatic heterocycles. The van der Waals surface area contributed by atoms with E-state index in [1.165, 1.54) is 13.4 Å². The number of aromatic nitrogens is 2. The maximum atomic E-state index is 11.3. The molecule has 0 aliphatic carbocycles. The second-order valence-electron chi connectivity index (χ2n) is 3.77. The summed E-state index contributed by atoms with van der Waals surface area (Å²) in [7, 11) is 1.48. The fourth-order valence-corrected chi connectivity index (χ4v) is 1.61. The third kappa shape index (κ3) is 3.19. The molecule has 0 saturated heterocycles. The van der Waals surface area contributed by atoms with Crippen LogP contribution in [0.2, 0.25) is 0 Å². The van der Waals surface area contributed by atoms with E-state index in [2.05, 4.69) is 15.3 Å². The van der Waals surface area contributed by atoms with Crippen LogP contribution in [0.15, 0.2) is 42.7 Å². The molecule has 19 heavy (non-hydrogen) atoms. The molecule has 0 fully saturated rings. The molecule has 0 radical (unpaired) electrons. The van der Waals surface area contributed by atoms with Gasteiger partial charge in [-0.05, 0) is 5.56 Å². The highest BCUT2D eigenvalue weighted by atomic mass is 16.5. The Morgan fingerprint density at radius 1 is 1.32 bits per heavy atom. The van der Waals surface area contributed by atoms with Crippen LogP contribution in [0.5, 0.6) is 5.88 Å². The molecule has 0 amide bonds. The average molecular weight is 259 g/mol. The number of ether oxygens (including phenoxy) is 1. The Bertz CT molecular complexity index is 560. The van der Waals surface area contributed by atoms with Crippen molar-refractivity contribution in [2.75, 3.05) is 12.4 Å². The number of methoxy groups -OCH3 is 1. The normalized spacial score (nSPS) is 11.6. The summed E-state index contributed by atoms with van der Waals surface area (Å²) in [4.78, 5) is 19.2. The van der Waals surface area contributed by atoms with E-state index in [0.29, 0.717) is 17.3 Å². The summed E-state index contributed by atoms with van der Waals surface area (Å²) in [6, 6.07) is 9.55. The molecule has 2 rings (SSSR count). The SMILES string of the molecule is COc1cc(NC(C(=O)O)c2ccccc2)ncn1. The molecule has 1 atom stereocenters. The molecule has 6 heteroatoms. The quantitative estimate of drug-likeness (QED) is 0.850. The molecule has 0 aliphatic rings. The number of carboxylic acids is 1. The second-order valence-corrected chi connectivity index (χ2v) is 3.77. The highest BCUT2D eigenvalue weighted by Gasteiger charge is 2.19. The van der Waals surface area contributed by atoms with Crippen LogP contribution in [-0.4, -0.2) is 28.2 Å². The Labute approximate surface area is 110 Å². The Balaban J connectivity index is 2.24. The minimum atomic E-state index is -0.983. The fourth-order valence-electron chi connectivity index (χ4n) is 1.61. The fraction of sp³-hybridized carbons (Fsp3) is 0.154. The topological polar surface area (TPSA) is 84.3 Å². The first-order valence-electron chi connectivity index (χ1n) is 5.61. The van der Waals surface area contributed by atoms with Gasteiger partial charge in [0, 0.05) is 6.07 Å². The average Bonchev–Trinajstić information content (AvgIpc) is 2.45. The maximum absolute atomic E-state index is 11.3. The molecule has 2 aromatic rings. The smallest absolute Gasteiger partial charge is 0.330 e. The third-order valence-corrected chi connectivity index (χ3v) is 2.52. The van der Waals surface area contributed by atoms with Gasteiger partial charge in [0.25, 0.3) is 0 Å². The van der Waals surface area contributed by atoms with Crippen LogP contribution in [0.4, 0.5) is 5.82 Å². The lowest BCUT2D eigenvalue weighted by Crippen LogP contribution is -2.21. The zero-order valence-corrected chi connectivity index (χ0v) is 10.3. The van der Waals surface area contributed by atoms with Crippen molar-refractivity contribution in [2.24, 2.45) is 0 Å². The van der Waals surface area contributed by atoms with Crippen molar-refractivity contribution in [2.45, 2.75) is 6.04 Å². The number of nitrogens with zero attached hydrogens (tertiary/aromatic N) is 2. The number of carboxylic acid groups (broad SMARTS) is 1. The highest BCUT2D eigenvalue weighted by Crippen LogP contribution is 2.20. The van der Waals surface area contributed by atoms with Crippen molar-refractivity contribution in [1.29, 1.82) is 0 Å². The van der Waals surface area contributed by atoms with Gasteiger partial charge in [-0.3, -0.25) is 0 Å². The first kappa shape index (κ1) is 12.8. The molecular weight excluding hydrogens is 246 g/mol. The van der Waals surface area contributed by atoms with Crippen LogP contribution in [0.25, 0.3) is 0 Å². The van der Waals surface area contributed by atoms with Gasteiger partial charge in [-0.15, -0.1) is 0 Å². The van der Waals surface area contributed by atoms with Crippen LogP contribution in [0, 0.1) is 0 Å². The predicted octanol–water partition coefficient (Wildman–Crippen LogP) is 1.72. The third-order valence-electron chi connectivity index (χ3n) is 2.52. The van der Waals surface area contributed by atoms with Gasteiger partial charge in [0.15, 0.2) is 6.04 Å². The number of nitrogens with one attached hydrogen (secondary N) is 1. The molecule has 1 unspecified atom stereocenters. The van der Waals surface area contributed by atoms with Gasteiger partial charge in [0.2, 0.25) is 5.88 Å². The summed E-state index contributed by atoms with van der Waals surface area (Å²) in [5, 5.41) is 12.1. The summed E-state index contributed by atoms with van der Waals surface area (Å²) in [5.74, 6) is -0.221. The number of hydrogen-bond donors (Lipinski definition) is 2. The Hall–Kier alpha value is -2.63. The molecule has 6 nitrogen and oxygen atoms in total. The van der Waals surface area contributed by atoms with Gasteiger partial charge in [-0.2, -0.15) is 0 Å². The minimum Gasteiger partial charge on any atom is -0.481 e. The van der Waals surface area contributed by atoms with E-state index < -0.39 is 12.0 Å². The highest BCUT2D eigenvalue weighted by molar-refractivity contribution is 5.78. The van der Waals surface area contributed by atoms with E-state index in [1.54, 1.807) is 30.3 Å². The second kappa shape index (κ2) is 5.81. The van der Waals surface area contributed by atoms with E-state index in [4.69, 9.17) is 4.74 Å². The summed E-state index contributed by atoms with van der Waals surface area (Å²) >= 11 is 0. The van der Waals surface area contributed by atoms with Crippen LogP contribution < -0.4 is 10.1 Å². The van der Waals surface area contributed by atoms with E-state index in [9.17, 15) is 9.90 Å². The molecule has 2 N–H and O–H groups in total. The van der Waals surface area contributed by atoms with Crippen LogP contribution >= 0.6 is 0 Å². The van der Waals surface area contributed by atoms with Gasteiger partial charge in [0.1, 0.15) is 12.1 Å². The number of benzene rings is 1. The number of aliphatic carboxylic acids is 1. The summed E-state index contributed by atoms with van der Waals surface area (Å²) in [6.45, 7) is 0. The Morgan fingerprint density at radius 3 is 2.68 bits per heavy atom. The zero-order valence-electron chi connectivity index (χ0n) is 10.3. The summed E-state index contributed by atoms with van der Waals surface area (Å²) in [6.07, 6.45) is 1.31. The van der Waals surface area contributed by atoms with Crippen molar-refractivity contribution in [3.63, 3.8) is 0 Å². The van der Waals surface area contributed by atoms with Gasteiger partial charge >= 0.3 is 5.97 Å². The van der Waals surface area contributed by atoms with E-state index in [1.807, 2.05) is 6.07 Å². The van der Waals surface area contributed by atoms with E-state index in [0.717, 1.165) is 0 Å². The standard InChI is InChI=1S/C13H13N3O3/c1-19-11-7-10(14-8-15-11)16-12(13(17)18)9-5-3-2-4-6-9/h2-8,12H,1H3,(H,17,18)(H,14,15,16). The molecule has 0 bridgehead atoms. The number of anilines is 1. The van der Waals surface area contributed by atoms with Crippen molar-refractivity contribution < 1.29 is 14.6 Å². The van der Waals surface area contributed by atoms with Gasteiger partial charge < -0.3 is 15.2 Å². The maximum Gasteiger partial charge on any atom is 0.330 e. The van der Waals surface area contributed by atoms with Crippen LogP contribution in [-0.2, 0) is 4.79 Å². The van der Waals surface area contributed by atoms with E-state index in [-0.39, 0.29) is 0 Å². The molecule has 0 saturated carbocycles. The number of hydrogen-bond acceptors (Lipinski definition) is 5. The largest absolute Gasteiger partial charge is 0.481 e. The van der Waals surface area contributed by atoms with Gasteiger partial charge in [-0.1, -0.05) is 30.3 Å². The number of rotatable bonds is 5. The van der Waals surface area contributed by atoms with Crippen molar-refractivity contribution in [1.82, 2.24) is 9.97 Å². The van der Waals surface area contributed by atoms with Gasteiger partial charge in [0.05, 0.1) is 7.11 Å². The lowest BCUT2D eigenvalue weighted by atomic mass is 10.1. The molecule has 98 valence electrons. The van der Waals surface area contributed by atoms with Crippen LogP contribution in [0.3, 0.4) is 0 Å². The molecule has 1 heterocycles. The predicted molar refractivity (Wildman–Crippen MR) is 69.0 cm³/mol. The van der Waals surface area contributed by atoms with E-state index >= 15 is 0 Å². The lowest BCUT2D eigenvalue weighted by molar-refractivity contribution is -0.138. The molecular formula is C13H13N3O3. The zero-order chi connectivity index (χ0) is 13.7. The first-order chi connectivity index (χ1) is 9.20. The Morgan fingerprint density at radius 2 is 2.05 bits per heavy atom. The Kier molecular flexibility index (Phi) is 3.92. The summed E-state index contributed by atoms with van der Waals surface area (Å²) in [5.41, 5.74) is 0.646.